The minimum Gasteiger partial charge on any atom is -0.360 e. The third kappa shape index (κ3) is 3.64. The van der Waals surface area contributed by atoms with Gasteiger partial charge in [0.25, 0.3) is 5.91 Å². The summed E-state index contributed by atoms with van der Waals surface area (Å²) in [6.45, 7) is 2.80. The van der Waals surface area contributed by atoms with Crippen molar-refractivity contribution in [3.8, 4) is 0 Å². The van der Waals surface area contributed by atoms with Crippen LogP contribution in [0.5, 0.6) is 0 Å². The van der Waals surface area contributed by atoms with Gasteiger partial charge in [-0.15, -0.1) is 10.2 Å². The molecule has 0 fully saturated rings. The van der Waals surface area contributed by atoms with Crippen LogP contribution in [0.2, 0.25) is 5.02 Å². The third-order valence-electron chi connectivity index (χ3n) is 2.32. The first-order valence-electron chi connectivity index (χ1n) is 5.94. The number of amides is 1. The summed E-state index contributed by atoms with van der Waals surface area (Å²) in [5.74, 6) is -0.943. The Kier molecular flexibility index (Phi) is 4.86. The van der Waals surface area contributed by atoms with Crippen molar-refractivity contribution in [2.75, 3.05) is 17.2 Å². The van der Waals surface area contributed by atoms with Crippen molar-refractivity contribution < 1.29 is 9.18 Å². The van der Waals surface area contributed by atoms with E-state index in [1.165, 1.54) is 18.2 Å². The molecule has 2 aromatic rings. The highest BCUT2D eigenvalue weighted by atomic mass is 35.5. The Morgan fingerprint density at radius 3 is 2.95 bits per heavy atom. The van der Waals surface area contributed by atoms with Gasteiger partial charge in [0.15, 0.2) is 0 Å². The highest BCUT2D eigenvalue weighted by Gasteiger charge is 2.13. The summed E-state index contributed by atoms with van der Waals surface area (Å²) in [4.78, 5) is 11.9. The van der Waals surface area contributed by atoms with Crippen LogP contribution >= 0.6 is 22.9 Å². The molecule has 0 spiro atoms. The molecule has 0 saturated carbocycles. The van der Waals surface area contributed by atoms with E-state index in [4.69, 9.17) is 11.6 Å². The molecule has 0 saturated heterocycles. The Bertz CT molecular complexity index is 619. The zero-order valence-corrected chi connectivity index (χ0v) is 12.2. The van der Waals surface area contributed by atoms with Crippen LogP contribution in [0.4, 0.5) is 15.2 Å². The van der Waals surface area contributed by atoms with Gasteiger partial charge in [-0.25, -0.2) is 4.39 Å². The molecule has 20 heavy (non-hydrogen) atoms. The van der Waals surface area contributed by atoms with E-state index in [1.54, 1.807) is 0 Å². The maximum absolute atomic E-state index is 13.0. The molecule has 0 aliphatic heterocycles. The zero-order chi connectivity index (χ0) is 14.5. The number of carbonyl (C=O) groups is 1. The summed E-state index contributed by atoms with van der Waals surface area (Å²) in [6, 6.07) is 3.95. The molecule has 8 heteroatoms. The van der Waals surface area contributed by atoms with Crippen LogP contribution in [-0.4, -0.2) is 22.6 Å². The van der Waals surface area contributed by atoms with Crippen molar-refractivity contribution in [3.05, 3.63) is 34.0 Å². The number of nitrogens with one attached hydrogen (secondary N) is 2. The van der Waals surface area contributed by atoms with E-state index in [-0.39, 0.29) is 10.0 Å². The molecule has 106 valence electrons. The van der Waals surface area contributed by atoms with E-state index >= 15 is 0 Å². The van der Waals surface area contributed by atoms with Crippen molar-refractivity contribution in [3.63, 3.8) is 0 Å². The Morgan fingerprint density at radius 2 is 2.25 bits per heavy atom. The Morgan fingerprint density at radius 1 is 1.45 bits per heavy atom. The van der Waals surface area contributed by atoms with Crippen molar-refractivity contribution in [1.29, 1.82) is 0 Å². The topological polar surface area (TPSA) is 66.9 Å². The lowest BCUT2D eigenvalue weighted by molar-refractivity contribution is 0.102. The molecule has 0 bridgehead atoms. The molecule has 1 heterocycles. The highest BCUT2D eigenvalue weighted by molar-refractivity contribution is 7.17. The van der Waals surface area contributed by atoms with Crippen molar-refractivity contribution >= 4 is 39.7 Å². The molecule has 1 aromatic heterocycles. The zero-order valence-electron chi connectivity index (χ0n) is 10.6. The first-order chi connectivity index (χ1) is 9.60. The van der Waals surface area contributed by atoms with Gasteiger partial charge in [0.05, 0.1) is 5.02 Å². The predicted molar refractivity (Wildman–Crippen MR) is 78.1 cm³/mol. The Labute approximate surface area is 124 Å². The highest BCUT2D eigenvalue weighted by Crippen LogP contribution is 2.21. The fourth-order valence-electron chi connectivity index (χ4n) is 1.38. The maximum Gasteiger partial charge on any atom is 0.286 e. The molecular weight excluding hydrogens is 303 g/mol. The predicted octanol–water partition coefficient (Wildman–Crippen LogP) is 3.40. The van der Waals surface area contributed by atoms with Gasteiger partial charge >= 0.3 is 0 Å². The molecule has 0 atom stereocenters. The summed E-state index contributed by atoms with van der Waals surface area (Å²) < 4.78 is 13.0. The van der Waals surface area contributed by atoms with Crippen molar-refractivity contribution in [2.24, 2.45) is 0 Å². The molecule has 0 radical (unpaired) electrons. The molecule has 2 N–H and O–H groups in total. The Balaban J connectivity index is 2.03. The quantitative estimate of drug-likeness (QED) is 0.887. The number of hydrogen-bond donors (Lipinski definition) is 2. The smallest absolute Gasteiger partial charge is 0.286 e. The number of halogens is 2. The van der Waals surface area contributed by atoms with E-state index in [0.29, 0.717) is 10.8 Å². The minimum atomic E-state index is -0.536. The number of carbonyl (C=O) groups excluding carboxylic acids is 1. The van der Waals surface area contributed by atoms with Gasteiger partial charge in [0, 0.05) is 12.2 Å². The number of aromatic nitrogens is 2. The van der Waals surface area contributed by atoms with Gasteiger partial charge in [0.1, 0.15) is 5.82 Å². The van der Waals surface area contributed by atoms with Crippen LogP contribution in [0.3, 0.4) is 0 Å². The molecule has 0 aliphatic rings. The van der Waals surface area contributed by atoms with E-state index in [9.17, 15) is 9.18 Å². The van der Waals surface area contributed by atoms with Crippen molar-refractivity contribution in [1.82, 2.24) is 10.2 Å². The number of benzene rings is 1. The SMILES string of the molecule is CCCNc1nnc(C(=O)Nc2ccc(F)c(Cl)c2)s1. The summed E-state index contributed by atoms with van der Waals surface area (Å²) >= 11 is 6.80. The van der Waals surface area contributed by atoms with E-state index in [0.717, 1.165) is 24.3 Å². The molecule has 1 aromatic carbocycles. The van der Waals surface area contributed by atoms with E-state index in [1.807, 2.05) is 6.92 Å². The standard InChI is InChI=1S/C12H12ClFN4OS/c1-2-5-15-12-18-17-11(20-12)10(19)16-7-3-4-9(14)8(13)6-7/h3-4,6H,2,5H2,1H3,(H,15,18)(H,16,19). The fourth-order valence-corrected chi connectivity index (χ4v) is 2.22. The summed E-state index contributed by atoms with van der Waals surface area (Å²) in [5, 5.41) is 14.0. The molecule has 0 aliphatic carbocycles. The van der Waals surface area contributed by atoms with E-state index < -0.39 is 11.7 Å². The average Bonchev–Trinajstić information content (AvgIpc) is 2.89. The summed E-state index contributed by atoms with van der Waals surface area (Å²) in [7, 11) is 0. The van der Waals surface area contributed by atoms with Gasteiger partial charge in [0.2, 0.25) is 10.1 Å². The number of rotatable bonds is 5. The van der Waals surface area contributed by atoms with Crippen molar-refractivity contribution in [2.45, 2.75) is 13.3 Å². The molecule has 0 unspecified atom stereocenters. The lowest BCUT2D eigenvalue weighted by Gasteiger charge is -2.03. The van der Waals surface area contributed by atoms with Crippen LogP contribution in [-0.2, 0) is 0 Å². The fraction of sp³-hybridized carbons (Fsp3) is 0.250. The second-order valence-corrected chi connectivity index (χ2v) is 5.31. The lowest BCUT2D eigenvalue weighted by atomic mass is 10.3. The molecule has 1 amide bonds. The first-order valence-corrected chi connectivity index (χ1v) is 7.13. The van der Waals surface area contributed by atoms with Gasteiger partial charge < -0.3 is 10.6 Å². The molecule has 5 nitrogen and oxygen atoms in total. The number of anilines is 2. The first kappa shape index (κ1) is 14.7. The average molecular weight is 315 g/mol. The Hall–Kier alpha value is -1.73. The second kappa shape index (κ2) is 6.62. The summed E-state index contributed by atoms with van der Waals surface area (Å²) in [6.07, 6.45) is 0.954. The van der Waals surface area contributed by atoms with Gasteiger partial charge in [-0.1, -0.05) is 29.9 Å². The maximum atomic E-state index is 13.0. The minimum absolute atomic E-state index is 0.0506. The lowest BCUT2D eigenvalue weighted by Crippen LogP contribution is -2.11. The van der Waals surface area contributed by atoms with Gasteiger partial charge in [-0.3, -0.25) is 4.79 Å². The van der Waals surface area contributed by atoms with E-state index in [2.05, 4.69) is 20.8 Å². The second-order valence-electron chi connectivity index (χ2n) is 3.92. The van der Waals surface area contributed by atoms with Crippen LogP contribution in [0, 0.1) is 5.82 Å². The third-order valence-corrected chi connectivity index (χ3v) is 3.49. The van der Waals surface area contributed by atoms with Crippen LogP contribution in [0.1, 0.15) is 23.1 Å². The molecular formula is C12H12ClFN4OS. The summed E-state index contributed by atoms with van der Waals surface area (Å²) in [5.41, 5.74) is 0.402. The van der Waals surface area contributed by atoms with Crippen LogP contribution in [0.25, 0.3) is 0 Å². The largest absolute Gasteiger partial charge is 0.360 e. The monoisotopic (exact) mass is 314 g/mol. The van der Waals surface area contributed by atoms with Crippen LogP contribution < -0.4 is 10.6 Å². The number of hydrogen-bond acceptors (Lipinski definition) is 5. The van der Waals surface area contributed by atoms with Gasteiger partial charge in [-0.05, 0) is 24.6 Å². The normalized spacial score (nSPS) is 10.3. The van der Waals surface area contributed by atoms with Crippen LogP contribution in [0.15, 0.2) is 18.2 Å². The number of nitrogens with zero attached hydrogens (tertiary/aromatic N) is 2. The van der Waals surface area contributed by atoms with Gasteiger partial charge in [-0.2, -0.15) is 0 Å². The molecule has 2 rings (SSSR count).